The van der Waals surface area contributed by atoms with Crippen molar-refractivity contribution >= 4 is 11.8 Å². The molecule has 1 aromatic rings. The van der Waals surface area contributed by atoms with Crippen LogP contribution in [0.25, 0.3) is 0 Å². The third kappa shape index (κ3) is 1.82. The fourth-order valence-corrected chi connectivity index (χ4v) is 5.00. The van der Waals surface area contributed by atoms with Crippen LogP contribution >= 0.6 is 11.8 Å². The van der Waals surface area contributed by atoms with E-state index in [4.69, 9.17) is 0 Å². The maximum absolute atomic E-state index is 2.31. The smallest absolute Gasteiger partial charge is 0.0328 e. The van der Waals surface area contributed by atoms with Gasteiger partial charge in [0.25, 0.3) is 0 Å². The molecule has 1 saturated heterocycles. The van der Waals surface area contributed by atoms with Crippen molar-refractivity contribution in [1.82, 2.24) is 0 Å². The Labute approximate surface area is 96.5 Å². The first-order chi connectivity index (χ1) is 7.45. The van der Waals surface area contributed by atoms with Crippen molar-refractivity contribution in [3.63, 3.8) is 0 Å². The first-order valence-corrected chi connectivity index (χ1v) is 7.16. The van der Waals surface area contributed by atoms with E-state index in [0.717, 1.165) is 17.1 Å². The number of hydrogen-bond acceptors (Lipinski definition) is 1. The lowest BCUT2D eigenvalue weighted by molar-refractivity contribution is 0.271. The molecule has 3 rings (SSSR count). The molecule has 2 aliphatic rings. The summed E-state index contributed by atoms with van der Waals surface area (Å²) in [5.74, 6) is 3.41. The van der Waals surface area contributed by atoms with Crippen LogP contribution in [-0.4, -0.2) is 5.75 Å². The van der Waals surface area contributed by atoms with Gasteiger partial charge in [-0.2, -0.15) is 11.8 Å². The molecule has 1 aromatic carbocycles. The predicted molar refractivity (Wildman–Crippen MR) is 67.1 cm³/mol. The predicted octanol–water partition coefficient (Wildman–Crippen LogP) is 4.28. The van der Waals surface area contributed by atoms with Crippen LogP contribution < -0.4 is 0 Å². The Balaban J connectivity index is 1.82. The average Bonchev–Trinajstić information content (AvgIpc) is 2.74. The molecule has 3 atom stereocenters. The highest BCUT2D eigenvalue weighted by Gasteiger charge is 2.38. The average molecular weight is 218 g/mol. The molecule has 0 amide bonds. The van der Waals surface area contributed by atoms with E-state index in [0.29, 0.717) is 0 Å². The summed E-state index contributed by atoms with van der Waals surface area (Å²) >= 11 is 2.20. The molecule has 15 heavy (non-hydrogen) atoms. The van der Waals surface area contributed by atoms with E-state index in [-0.39, 0.29) is 0 Å². The van der Waals surface area contributed by atoms with Crippen LogP contribution in [0.5, 0.6) is 0 Å². The minimum Gasteiger partial charge on any atom is -0.153 e. The summed E-state index contributed by atoms with van der Waals surface area (Å²) in [5.41, 5.74) is 1.57. The van der Waals surface area contributed by atoms with Crippen molar-refractivity contribution in [3.8, 4) is 0 Å². The Morgan fingerprint density at radius 1 is 1.00 bits per heavy atom. The zero-order valence-electron chi connectivity index (χ0n) is 9.06. The van der Waals surface area contributed by atoms with Crippen molar-refractivity contribution in [1.29, 1.82) is 0 Å². The molecule has 0 nitrogen and oxygen atoms in total. The molecular weight excluding hydrogens is 200 g/mol. The second kappa shape index (κ2) is 4.21. The van der Waals surface area contributed by atoms with Gasteiger partial charge in [0.2, 0.25) is 0 Å². The molecule has 1 aliphatic heterocycles. The first-order valence-electron chi connectivity index (χ1n) is 6.12. The van der Waals surface area contributed by atoms with Crippen molar-refractivity contribution < 1.29 is 0 Å². The molecule has 0 bridgehead atoms. The Kier molecular flexibility index (Phi) is 2.74. The number of fused-ring (bicyclic) bond motifs is 1. The highest BCUT2D eigenvalue weighted by Crippen LogP contribution is 2.53. The summed E-state index contributed by atoms with van der Waals surface area (Å²) in [6.45, 7) is 0. The van der Waals surface area contributed by atoms with E-state index in [2.05, 4.69) is 42.1 Å². The zero-order chi connectivity index (χ0) is 10.1. The van der Waals surface area contributed by atoms with Gasteiger partial charge in [-0.3, -0.25) is 0 Å². The summed E-state index contributed by atoms with van der Waals surface area (Å²) in [6.07, 6.45) is 5.90. The SMILES string of the molecule is c1ccc([C@H]2SC[C@H]3CCCC[C@H]32)cc1. The van der Waals surface area contributed by atoms with E-state index in [1.807, 2.05) is 0 Å². The van der Waals surface area contributed by atoms with E-state index in [1.54, 1.807) is 5.56 Å². The van der Waals surface area contributed by atoms with Crippen LogP contribution in [0.2, 0.25) is 0 Å². The summed E-state index contributed by atoms with van der Waals surface area (Å²) in [7, 11) is 0. The van der Waals surface area contributed by atoms with Gasteiger partial charge in [-0.15, -0.1) is 0 Å². The summed E-state index contributed by atoms with van der Waals surface area (Å²) < 4.78 is 0. The lowest BCUT2D eigenvalue weighted by Gasteiger charge is -2.28. The molecule has 1 heteroatoms. The maximum atomic E-state index is 2.31. The molecule has 0 unspecified atom stereocenters. The van der Waals surface area contributed by atoms with Gasteiger partial charge in [-0.05, 0) is 36.0 Å². The van der Waals surface area contributed by atoms with Gasteiger partial charge in [0.15, 0.2) is 0 Å². The van der Waals surface area contributed by atoms with Crippen molar-refractivity contribution in [3.05, 3.63) is 35.9 Å². The molecule has 1 heterocycles. The van der Waals surface area contributed by atoms with E-state index in [1.165, 1.54) is 31.4 Å². The van der Waals surface area contributed by atoms with Crippen LogP contribution in [0.1, 0.15) is 36.5 Å². The molecular formula is C14H18S. The van der Waals surface area contributed by atoms with Crippen LogP contribution in [0, 0.1) is 11.8 Å². The van der Waals surface area contributed by atoms with Crippen LogP contribution in [0.15, 0.2) is 30.3 Å². The Bertz CT molecular complexity index is 319. The van der Waals surface area contributed by atoms with E-state index >= 15 is 0 Å². The standard InChI is InChI=1S/C14H18S/c1-2-6-11(7-3-1)14-13-9-5-4-8-12(13)10-15-14/h1-3,6-7,12-14H,4-5,8-10H2/t12-,13-,14-/m1/s1. The Morgan fingerprint density at radius 2 is 1.80 bits per heavy atom. The first kappa shape index (κ1) is 9.77. The lowest BCUT2D eigenvalue weighted by Crippen LogP contribution is -2.18. The topological polar surface area (TPSA) is 0 Å². The van der Waals surface area contributed by atoms with E-state index < -0.39 is 0 Å². The highest BCUT2D eigenvalue weighted by molar-refractivity contribution is 7.99. The van der Waals surface area contributed by atoms with E-state index in [9.17, 15) is 0 Å². The number of hydrogen-bond donors (Lipinski definition) is 0. The summed E-state index contributed by atoms with van der Waals surface area (Å²) in [5, 5.41) is 0.802. The van der Waals surface area contributed by atoms with Gasteiger partial charge in [-0.1, -0.05) is 43.2 Å². The Morgan fingerprint density at radius 3 is 2.67 bits per heavy atom. The number of benzene rings is 1. The second-order valence-corrected chi connectivity index (χ2v) is 6.05. The lowest BCUT2D eigenvalue weighted by atomic mass is 9.77. The van der Waals surface area contributed by atoms with Crippen LogP contribution in [0.3, 0.4) is 0 Å². The van der Waals surface area contributed by atoms with Gasteiger partial charge in [0.1, 0.15) is 0 Å². The Hall–Kier alpha value is -0.430. The van der Waals surface area contributed by atoms with Crippen molar-refractivity contribution in [2.45, 2.75) is 30.9 Å². The highest BCUT2D eigenvalue weighted by atomic mass is 32.2. The largest absolute Gasteiger partial charge is 0.153 e. The van der Waals surface area contributed by atoms with Gasteiger partial charge in [-0.25, -0.2) is 0 Å². The number of thioether (sulfide) groups is 1. The van der Waals surface area contributed by atoms with Gasteiger partial charge >= 0.3 is 0 Å². The monoisotopic (exact) mass is 218 g/mol. The molecule has 0 radical (unpaired) electrons. The molecule has 1 saturated carbocycles. The fraction of sp³-hybridized carbons (Fsp3) is 0.571. The minimum absolute atomic E-state index is 0.802. The third-order valence-corrected chi connectivity index (χ3v) is 5.58. The third-order valence-electron chi connectivity index (χ3n) is 3.97. The quantitative estimate of drug-likeness (QED) is 0.678. The van der Waals surface area contributed by atoms with Gasteiger partial charge in [0, 0.05) is 5.25 Å². The van der Waals surface area contributed by atoms with Gasteiger partial charge in [0.05, 0.1) is 0 Å². The summed E-state index contributed by atoms with van der Waals surface area (Å²) in [4.78, 5) is 0. The van der Waals surface area contributed by atoms with Crippen LogP contribution in [-0.2, 0) is 0 Å². The number of rotatable bonds is 1. The second-order valence-electron chi connectivity index (χ2n) is 4.87. The normalized spacial score (nSPS) is 35.1. The molecule has 80 valence electrons. The van der Waals surface area contributed by atoms with Crippen LogP contribution in [0.4, 0.5) is 0 Å². The molecule has 1 aliphatic carbocycles. The minimum atomic E-state index is 0.802. The van der Waals surface area contributed by atoms with Gasteiger partial charge < -0.3 is 0 Å². The molecule has 0 N–H and O–H groups in total. The summed E-state index contributed by atoms with van der Waals surface area (Å²) in [6, 6.07) is 11.1. The van der Waals surface area contributed by atoms with Crippen molar-refractivity contribution in [2.75, 3.05) is 5.75 Å². The maximum Gasteiger partial charge on any atom is 0.0328 e. The van der Waals surface area contributed by atoms with Crippen molar-refractivity contribution in [2.24, 2.45) is 11.8 Å². The zero-order valence-corrected chi connectivity index (χ0v) is 9.88. The molecule has 2 fully saturated rings. The molecule has 0 aromatic heterocycles. The molecule has 0 spiro atoms. The fourth-order valence-electron chi connectivity index (χ4n) is 3.18.